The standard InChI is InChI=1S/C21H16N4O2/c26-20(27)14-18-23-19-13-17(11-12-25(19)24-18)22-21(15-7-3-1-4-8-15)16-9-5-2-6-10-16/h1-13H,14H2,(H,26,27). The number of carbonyl (C=O) groups is 1. The van der Waals surface area contributed by atoms with Crippen LogP contribution >= 0.6 is 0 Å². The van der Waals surface area contributed by atoms with E-state index in [0.717, 1.165) is 22.5 Å². The quantitative estimate of drug-likeness (QED) is 0.555. The smallest absolute Gasteiger partial charge is 0.311 e. The van der Waals surface area contributed by atoms with Gasteiger partial charge in [0.15, 0.2) is 11.5 Å². The number of hydrogen-bond acceptors (Lipinski definition) is 4. The number of nitrogens with zero attached hydrogens (tertiary/aromatic N) is 4. The van der Waals surface area contributed by atoms with Gasteiger partial charge in [-0.15, -0.1) is 0 Å². The lowest BCUT2D eigenvalue weighted by atomic mass is 10.0. The molecule has 6 nitrogen and oxygen atoms in total. The van der Waals surface area contributed by atoms with E-state index in [0.29, 0.717) is 5.65 Å². The van der Waals surface area contributed by atoms with Crippen LogP contribution in [0, 0.1) is 0 Å². The van der Waals surface area contributed by atoms with Crippen molar-refractivity contribution in [3.63, 3.8) is 0 Å². The summed E-state index contributed by atoms with van der Waals surface area (Å²) in [5, 5.41) is 13.1. The van der Waals surface area contributed by atoms with E-state index in [2.05, 4.69) is 10.1 Å². The first-order chi connectivity index (χ1) is 13.2. The van der Waals surface area contributed by atoms with Crippen LogP contribution in [-0.2, 0) is 11.2 Å². The van der Waals surface area contributed by atoms with Gasteiger partial charge in [0, 0.05) is 23.4 Å². The highest BCUT2D eigenvalue weighted by molar-refractivity contribution is 6.13. The van der Waals surface area contributed by atoms with Gasteiger partial charge in [-0.3, -0.25) is 4.79 Å². The molecule has 4 aromatic rings. The fraction of sp³-hybridized carbons (Fsp3) is 0.0476. The molecule has 27 heavy (non-hydrogen) atoms. The molecule has 0 aliphatic carbocycles. The number of hydrogen-bond donors (Lipinski definition) is 1. The third kappa shape index (κ3) is 3.74. The number of aromatic nitrogens is 3. The Hall–Kier alpha value is -3.80. The maximum absolute atomic E-state index is 10.9. The summed E-state index contributed by atoms with van der Waals surface area (Å²) in [6, 6.07) is 23.6. The Morgan fingerprint density at radius 3 is 2.19 bits per heavy atom. The number of pyridine rings is 1. The van der Waals surface area contributed by atoms with Crippen LogP contribution in [0.15, 0.2) is 84.0 Å². The SMILES string of the molecule is O=C(O)Cc1nc2cc(N=C(c3ccccc3)c3ccccc3)ccn2n1. The molecule has 2 heterocycles. The van der Waals surface area contributed by atoms with E-state index in [1.165, 1.54) is 0 Å². The summed E-state index contributed by atoms with van der Waals surface area (Å²) in [5.41, 5.74) is 4.16. The van der Waals surface area contributed by atoms with Gasteiger partial charge in [-0.05, 0) is 6.07 Å². The van der Waals surface area contributed by atoms with Gasteiger partial charge in [0.25, 0.3) is 0 Å². The third-order valence-electron chi connectivity index (χ3n) is 4.01. The highest BCUT2D eigenvalue weighted by atomic mass is 16.4. The van der Waals surface area contributed by atoms with Crippen molar-refractivity contribution >= 4 is 23.0 Å². The minimum atomic E-state index is -0.959. The molecule has 0 saturated heterocycles. The molecule has 0 aliphatic rings. The number of fused-ring (bicyclic) bond motifs is 1. The summed E-state index contributed by atoms with van der Waals surface area (Å²) in [6.45, 7) is 0. The highest BCUT2D eigenvalue weighted by Gasteiger charge is 2.10. The first-order valence-corrected chi connectivity index (χ1v) is 8.46. The molecule has 2 aromatic carbocycles. The van der Waals surface area contributed by atoms with Crippen molar-refractivity contribution in [2.45, 2.75) is 6.42 Å². The maximum Gasteiger partial charge on any atom is 0.311 e. The van der Waals surface area contributed by atoms with Gasteiger partial charge in [0.2, 0.25) is 0 Å². The Bertz CT molecular complexity index is 1080. The van der Waals surface area contributed by atoms with E-state index in [9.17, 15) is 4.79 Å². The molecule has 0 fully saturated rings. The Morgan fingerprint density at radius 2 is 1.59 bits per heavy atom. The van der Waals surface area contributed by atoms with Crippen LogP contribution in [0.25, 0.3) is 5.65 Å². The van der Waals surface area contributed by atoms with Crippen molar-refractivity contribution < 1.29 is 9.90 Å². The van der Waals surface area contributed by atoms with Crippen molar-refractivity contribution in [3.05, 3.63) is 95.9 Å². The second-order valence-electron chi connectivity index (χ2n) is 5.98. The average Bonchev–Trinajstić information content (AvgIpc) is 3.08. The Morgan fingerprint density at radius 1 is 0.963 bits per heavy atom. The minimum Gasteiger partial charge on any atom is -0.481 e. The maximum atomic E-state index is 10.9. The Labute approximate surface area is 155 Å². The van der Waals surface area contributed by atoms with E-state index in [1.54, 1.807) is 16.8 Å². The summed E-state index contributed by atoms with van der Waals surface area (Å²) in [5.74, 6) is -0.686. The molecule has 0 spiro atoms. The average molecular weight is 356 g/mol. The van der Waals surface area contributed by atoms with Gasteiger partial charge in [-0.1, -0.05) is 60.7 Å². The van der Waals surface area contributed by atoms with E-state index in [1.807, 2.05) is 66.7 Å². The summed E-state index contributed by atoms with van der Waals surface area (Å²) in [4.78, 5) is 20.0. The molecule has 2 aromatic heterocycles. The van der Waals surface area contributed by atoms with Crippen molar-refractivity contribution in [1.29, 1.82) is 0 Å². The summed E-state index contributed by atoms with van der Waals surface area (Å²) >= 11 is 0. The molecule has 6 heteroatoms. The Kier molecular flexibility index (Phi) is 4.45. The van der Waals surface area contributed by atoms with Gasteiger partial charge in [-0.25, -0.2) is 14.5 Å². The van der Waals surface area contributed by atoms with Gasteiger partial charge in [-0.2, -0.15) is 5.10 Å². The van der Waals surface area contributed by atoms with Crippen molar-refractivity contribution in [3.8, 4) is 0 Å². The molecule has 0 bridgehead atoms. The van der Waals surface area contributed by atoms with Crippen LogP contribution in [0.3, 0.4) is 0 Å². The molecule has 0 unspecified atom stereocenters. The molecule has 1 N–H and O–H groups in total. The first kappa shape index (κ1) is 16.7. The van der Waals surface area contributed by atoms with Crippen LogP contribution in [-0.4, -0.2) is 31.4 Å². The lowest BCUT2D eigenvalue weighted by molar-refractivity contribution is -0.136. The topological polar surface area (TPSA) is 79.8 Å². The molecule has 0 amide bonds. The minimum absolute atomic E-state index is 0.209. The van der Waals surface area contributed by atoms with Gasteiger partial charge < -0.3 is 5.11 Å². The number of carboxylic acids is 1. The van der Waals surface area contributed by atoms with Crippen LogP contribution in [0.2, 0.25) is 0 Å². The number of benzene rings is 2. The number of aliphatic imine (C=N–C) groups is 1. The monoisotopic (exact) mass is 356 g/mol. The predicted octanol–water partition coefficient (Wildman–Crippen LogP) is 3.53. The van der Waals surface area contributed by atoms with Gasteiger partial charge >= 0.3 is 5.97 Å². The molecule has 0 radical (unpaired) electrons. The highest BCUT2D eigenvalue weighted by Crippen LogP contribution is 2.19. The second-order valence-corrected chi connectivity index (χ2v) is 5.98. The second kappa shape index (κ2) is 7.21. The fourth-order valence-corrected chi connectivity index (χ4v) is 2.81. The van der Waals surface area contributed by atoms with E-state index in [4.69, 9.17) is 10.1 Å². The van der Waals surface area contributed by atoms with Crippen LogP contribution in [0.4, 0.5) is 5.69 Å². The Balaban J connectivity index is 1.79. The zero-order valence-electron chi connectivity index (χ0n) is 14.4. The molecular formula is C21H16N4O2. The third-order valence-corrected chi connectivity index (χ3v) is 4.01. The van der Waals surface area contributed by atoms with E-state index in [-0.39, 0.29) is 12.2 Å². The van der Waals surface area contributed by atoms with E-state index >= 15 is 0 Å². The normalized spacial score (nSPS) is 10.7. The van der Waals surface area contributed by atoms with Crippen LogP contribution in [0.1, 0.15) is 17.0 Å². The van der Waals surface area contributed by atoms with Gasteiger partial charge in [0.05, 0.1) is 11.4 Å². The number of rotatable bonds is 5. The zero-order valence-corrected chi connectivity index (χ0v) is 14.4. The molecule has 132 valence electrons. The predicted molar refractivity (Wildman–Crippen MR) is 103 cm³/mol. The van der Waals surface area contributed by atoms with Crippen LogP contribution < -0.4 is 0 Å². The van der Waals surface area contributed by atoms with Crippen LogP contribution in [0.5, 0.6) is 0 Å². The largest absolute Gasteiger partial charge is 0.481 e. The van der Waals surface area contributed by atoms with Crippen molar-refractivity contribution in [1.82, 2.24) is 14.6 Å². The van der Waals surface area contributed by atoms with Crippen molar-refractivity contribution in [2.75, 3.05) is 0 Å². The van der Waals surface area contributed by atoms with E-state index < -0.39 is 5.97 Å². The zero-order chi connectivity index (χ0) is 18.6. The van der Waals surface area contributed by atoms with Crippen molar-refractivity contribution in [2.24, 2.45) is 4.99 Å². The number of aliphatic carboxylic acids is 1. The summed E-state index contributed by atoms with van der Waals surface area (Å²) < 4.78 is 1.56. The summed E-state index contributed by atoms with van der Waals surface area (Å²) in [7, 11) is 0. The summed E-state index contributed by atoms with van der Waals surface area (Å²) in [6.07, 6.45) is 1.53. The molecule has 0 saturated carbocycles. The molecule has 0 aliphatic heterocycles. The molecular weight excluding hydrogens is 340 g/mol. The first-order valence-electron chi connectivity index (χ1n) is 8.46. The molecule has 4 rings (SSSR count). The lowest BCUT2D eigenvalue weighted by Crippen LogP contribution is -2.02. The fourth-order valence-electron chi connectivity index (χ4n) is 2.81. The molecule has 0 atom stereocenters. The van der Waals surface area contributed by atoms with Gasteiger partial charge in [0.1, 0.15) is 6.42 Å². The lowest BCUT2D eigenvalue weighted by Gasteiger charge is -2.07. The number of carboxylic acid groups (broad SMARTS) is 1.